The maximum atomic E-state index is 2.43. The van der Waals surface area contributed by atoms with E-state index in [0.29, 0.717) is 5.41 Å². The third-order valence-electron chi connectivity index (χ3n) is 4.09. The van der Waals surface area contributed by atoms with E-state index in [2.05, 4.69) is 65.9 Å². The summed E-state index contributed by atoms with van der Waals surface area (Å²) >= 11 is 0. The average molecular weight is 280 g/mol. The van der Waals surface area contributed by atoms with E-state index in [-0.39, 0.29) is 0 Å². The fourth-order valence-corrected chi connectivity index (χ4v) is 3.69. The molecular weight excluding hydrogens is 247 g/mol. The molecule has 0 aromatic rings. The Kier molecular flexibility index (Phi) is 5.63. The van der Waals surface area contributed by atoms with E-state index in [9.17, 15) is 0 Å². The number of rotatable bonds is 4. The maximum absolute atomic E-state index is 2.43. The van der Waals surface area contributed by atoms with Crippen LogP contribution in [-0.4, -0.2) is 26.2 Å². The van der Waals surface area contributed by atoms with Crippen LogP contribution in [0.25, 0.3) is 0 Å². The van der Waals surface area contributed by atoms with Crippen molar-refractivity contribution in [2.45, 2.75) is 47.0 Å². The molecule has 0 saturated carbocycles. The van der Waals surface area contributed by atoms with Gasteiger partial charge in [-0.3, -0.25) is 0 Å². The first-order valence-corrected chi connectivity index (χ1v) is 11.4. The van der Waals surface area contributed by atoms with Crippen molar-refractivity contribution in [3.63, 3.8) is 0 Å². The summed E-state index contributed by atoms with van der Waals surface area (Å²) in [5, 5.41) is 0. The van der Waals surface area contributed by atoms with Crippen molar-refractivity contribution in [3.8, 4) is 0 Å². The van der Waals surface area contributed by atoms with E-state index < -0.39 is 7.26 Å². The van der Waals surface area contributed by atoms with Crippen LogP contribution in [-0.2, 0) is 0 Å². The molecule has 0 atom stereocenters. The Balaban J connectivity index is 2.80. The molecule has 0 fully saturated rings. The summed E-state index contributed by atoms with van der Waals surface area (Å²) in [6.45, 7) is 16.6. The average Bonchev–Trinajstić information content (AvgIpc) is 2.23. The van der Waals surface area contributed by atoms with Gasteiger partial charge in [-0.1, -0.05) is 0 Å². The normalized spacial score (nSPS) is 22.2. The summed E-state index contributed by atoms with van der Waals surface area (Å²) in [7, 11) is -0.953. The Labute approximate surface area is 121 Å². The minimum absolute atomic E-state index is 0.359. The standard InChI is InChI=1S/C18H33P/c1-15(12-14-19(5,6)7)10-11-17-16(2)9-8-13-18(17,3)4/h10-12,19H,8-9,13-14H2,1-7H3/b11-10+,15-12-. The first kappa shape index (κ1) is 16.7. The molecule has 0 amide bonds. The van der Waals surface area contributed by atoms with Crippen molar-refractivity contribution < 1.29 is 0 Å². The van der Waals surface area contributed by atoms with Crippen LogP contribution in [0.2, 0.25) is 0 Å². The molecule has 0 aliphatic heterocycles. The Morgan fingerprint density at radius 3 is 2.42 bits per heavy atom. The van der Waals surface area contributed by atoms with Gasteiger partial charge in [0.15, 0.2) is 0 Å². The van der Waals surface area contributed by atoms with E-state index >= 15 is 0 Å². The monoisotopic (exact) mass is 280 g/mol. The molecule has 0 spiro atoms. The van der Waals surface area contributed by atoms with E-state index in [4.69, 9.17) is 0 Å². The van der Waals surface area contributed by atoms with Gasteiger partial charge in [0, 0.05) is 0 Å². The Morgan fingerprint density at radius 2 is 1.89 bits per heavy atom. The summed E-state index contributed by atoms with van der Waals surface area (Å²) in [6, 6.07) is 0. The molecule has 0 aromatic heterocycles. The zero-order chi connectivity index (χ0) is 14.7. The van der Waals surface area contributed by atoms with Crippen LogP contribution in [0.15, 0.2) is 34.9 Å². The van der Waals surface area contributed by atoms with E-state index in [0.717, 1.165) is 0 Å². The molecule has 0 radical (unpaired) electrons. The predicted molar refractivity (Wildman–Crippen MR) is 94.2 cm³/mol. The number of hydrogen-bond donors (Lipinski definition) is 0. The Bertz CT molecular complexity index is 400. The summed E-state index contributed by atoms with van der Waals surface area (Å²) in [4.78, 5) is 0. The first-order valence-electron chi connectivity index (χ1n) is 7.67. The van der Waals surface area contributed by atoms with Crippen molar-refractivity contribution in [1.29, 1.82) is 0 Å². The second-order valence-electron chi connectivity index (χ2n) is 7.98. The third kappa shape index (κ3) is 5.65. The third-order valence-corrected chi connectivity index (χ3v) is 5.52. The molecule has 1 rings (SSSR count). The van der Waals surface area contributed by atoms with Gasteiger partial charge in [0.2, 0.25) is 0 Å². The molecule has 0 aromatic carbocycles. The molecule has 19 heavy (non-hydrogen) atoms. The zero-order valence-electron chi connectivity index (χ0n) is 14.1. The molecule has 0 nitrogen and oxygen atoms in total. The van der Waals surface area contributed by atoms with Gasteiger partial charge in [0.05, 0.1) is 0 Å². The van der Waals surface area contributed by atoms with Crippen molar-refractivity contribution in [3.05, 3.63) is 34.9 Å². The van der Waals surface area contributed by atoms with Crippen molar-refractivity contribution in [1.82, 2.24) is 0 Å². The van der Waals surface area contributed by atoms with Crippen molar-refractivity contribution >= 4 is 7.26 Å². The van der Waals surface area contributed by atoms with Crippen LogP contribution in [0.5, 0.6) is 0 Å². The fourth-order valence-electron chi connectivity index (χ4n) is 2.76. The number of hydrogen-bond acceptors (Lipinski definition) is 0. The second-order valence-corrected chi connectivity index (χ2v) is 13.5. The quantitative estimate of drug-likeness (QED) is 0.461. The summed E-state index contributed by atoms with van der Waals surface area (Å²) in [6.07, 6.45) is 12.4. The molecule has 1 heteroatoms. The second kappa shape index (κ2) is 6.40. The van der Waals surface area contributed by atoms with Gasteiger partial charge in [0.1, 0.15) is 0 Å². The number of allylic oxidation sites excluding steroid dienone is 6. The molecule has 1 aliphatic carbocycles. The summed E-state index contributed by atoms with van der Waals surface area (Å²) < 4.78 is 0. The van der Waals surface area contributed by atoms with Gasteiger partial charge >= 0.3 is 121 Å². The Hall–Kier alpha value is -0.350. The Morgan fingerprint density at radius 1 is 1.26 bits per heavy atom. The van der Waals surface area contributed by atoms with Gasteiger partial charge in [-0.25, -0.2) is 0 Å². The molecule has 0 unspecified atom stereocenters. The van der Waals surface area contributed by atoms with E-state index in [1.807, 2.05) is 0 Å². The molecule has 0 bridgehead atoms. The molecule has 110 valence electrons. The minimum atomic E-state index is -0.953. The first-order chi connectivity index (χ1) is 8.62. The summed E-state index contributed by atoms with van der Waals surface area (Å²) in [5.74, 6) is 0. The van der Waals surface area contributed by atoms with Crippen LogP contribution in [0.4, 0.5) is 0 Å². The van der Waals surface area contributed by atoms with E-state index in [1.54, 1.807) is 11.1 Å². The van der Waals surface area contributed by atoms with E-state index in [1.165, 1.54) is 31.0 Å². The molecule has 0 heterocycles. The van der Waals surface area contributed by atoms with Gasteiger partial charge in [0.25, 0.3) is 0 Å². The fraction of sp³-hybridized carbons (Fsp3) is 0.667. The summed E-state index contributed by atoms with van der Waals surface area (Å²) in [5.41, 5.74) is 4.94. The molecular formula is C18H33P. The van der Waals surface area contributed by atoms with Crippen molar-refractivity contribution in [2.24, 2.45) is 5.41 Å². The predicted octanol–water partition coefficient (Wildman–Crippen LogP) is 5.65. The van der Waals surface area contributed by atoms with Crippen LogP contribution >= 0.6 is 7.26 Å². The van der Waals surface area contributed by atoms with Crippen LogP contribution in [0.1, 0.15) is 47.0 Å². The zero-order valence-corrected chi connectivity index (χ0v) is 15.1. The van der Waals surface area contributed by atoms with Crippen LogP contribution in [0.3, 0.4) is 0 Å². The van der Waals surface area contributed by atoms with Gasteiger partial charge in [-0.15, -0.1) is 0 Å². The van der Waals surface area contributed by atoms with Gasteiger partial charge < -0.3 is 0 Å². The van der Waals surface area contributed by atoms with Crippen LogP contribution in [0, 0.1) is 5.41 Å². The van der Waals surface area contributed by atoms with Crippen LogP contribution < -0.4 is 0 Å². The van der Waals surface area contributed by atoms with Crippen molar-refractivity contribution in [2.75, 3.05) is 26.2 Å². The van der Waals surface area contributed by atoms with Gasteiger partial charge in [-0.2, -0.15) is 0 Å². The topological polar surface area (TPSA) is 0 Å². The molecule has 1 aliphatic rings. The molecule has 0 N–H and O–H groups in total. The van der Waals surface area contributed by atoms with Gasteiger partial charge in [-0.05, 0) is 0 Å². The SMILES string of the molecule is CC1=C(/C=C/C(C)=C\C[PH](C)(C)C)C(C)(C)CCC1. The molecule has 0 saturated heterocycles.